The summed E-state index contributed by atoms with van der Waals surface area (Å²) >= 11 is 0. The first-order chi connectivity index (χ1) is 11.7. The van der Waals surface area contributed by atoms with Gasteiger partial charge in [0, 0.05) is 13.1 Å². The number of amides is 2. The number of nitrogens with one attached hydrogen (secondary N) is 1. The van der Waals surface area contributed by atoms with E-state index in [1.807, 2.05) is 45.0 Å². The standard InChI is InChI=1S/C19H27N3O3/c1-12-10-21(11-13(2)25-12)14(3)17(23)22-16-9-7-6-8-15(16)20-18(24)19(22,4)5/h6-9,12-14H,10-11H2,1-5H3,(H,20,24)/t12-,13-,14-/m0/s1. The van der Waals surface area contributed by atoms with Crippen LogP contribution in [0, 0.1) is 0 Å². The maximum Gasteiger partial charge on any atom is 0.250 e. The summed E-state index contributed by atoms with van der Waals surface area (Å²) in [4.78, 5) is 29.8. The highest BCUT2D eigenvalue weighted by atomic mass is 16.5. The van der Waals surface area contributed by atoms with Gasteiger partial charge in [0.2, 0.25) is 11.8 Å². The summed E-state index contributed by atoms with van der Waals surface area (Å²) in [5.74, 6) is -0.232. The van der Waals surface area contributed by atoms with Crippen molar-refractivity contribution in [2.24, 2.45) is 0 Å². The molecule has 1 aromatic carbocycles. The number of fused-ring (bicyclic) bond motifs is 1. The fraction of sp³-hybridized carbons (Fsp3) is 0.579. The summed E-state index contributed by atoms with van der Waals surface area (Å²) in [6.07, 6.45) is 0.174. The monoisotopic (exact) mass is 345 g/mol. The molecule has 0 aliphatic carbocycles. The summed E-state index contributed by atoms with van der Waals surface area (Å²) in [6, 6.07) is 7.12. The van der Waals surface area contributed by atoms with Crippen LogP contribution in [0.1, 0.15) is 34.6 Å². The molecule has 2 amide bonds. The van der Waals surface area contributed by atoms with E-state index in [1.54, 1.807) is 18.7 Å². The molecule has 2 heterocycles. The normalized spacial score (nSPS) is 27.4. The third-order valence-corrected chi connectivity index (χ3v) is 5.08. The van der Waals surface area contributed by atoms with E-state index >= 15 is 0 Å². The van der Waals surface area contributed by atoms with Crippen LogP contribution >= 0.6 is 0 Å². The fourth-order valence-electron chi connectivity index (χ4n) is 3.72. The molecule has 6 nitrogen and oxygen atoms in total. The molecule has 0 unspecified atom stereocenters. The molecule has 1 N–H and O–H groups in total. The van der Waals surface area contributed by atoms with Gasteiger partial charge in [-0.3, -0.25) is 19.4 Å². The fourth-order valence-corrected chi connectivity index (χ4v) is 3.72. The van der Waals surface area contributed by atoms with E-state index in [2.05, 4.69) is 10.2 Å². The van der Waals surface area contributed by atoms with Gasteiger partial charge in [0.15, 0.2) is 0 Å². The molecule has 1 saturated heterocycles. The third kappa shape index (κ3) is 3.16. The molecule has 0 saturated carbocycles. The van der Waals surface area contributed by atoms with Gasteiger partial charge in [-0.05, 0) is 46.8 Å². The van der Waals surface area contributed by atoms with E-state index < -0.39 is 5.54 Å². The maximum absolute atomic E-state index is 13.4. The number of ether oxygens (including phenoxy) is 1. The van der Waals surface area contributed by atoms with Crippen LogP contribution in [0.3, 0.4) is 0 Å². The Morgan fingerprint density at radius 1 is 1.24 bits per heavy atom. The molecule has 1 aromatic rings. The van der Waals surface area contributed by atoms with Crippen LogP contribution in [0.25, 0.3) is 0 Å². The number of rotatable bonds is 2. The van der Waals surface area contributed by atoms with E-state index in [4.69, 9.17) is 4.74 Å². The Labute approximate surface area is 149 Å². The van der Waals surface area contributed by atoms with Crippen molar-refractivity contribution in [1.29, 1.82) is 0 Å². The first-order valence-corrected chi connectivity index (χ1v) is 8.86. The highest BCUT2D eigenvalue weighted by molar-refractivity contribution is 6.15. The highest BCUT2D eigenvalue weighted by Gasteiger charge is 2.45. The number of hydrogen-bond acceptors (Lipinski definition) is 4. The summed E-state index contributed by atoms with van der Waals surface area (Å²) in [5.41, 5.74) is 0.484. The lowest BCUT2D eigenvalue weighted by atomic mass is 9.95. The first-order valence-electron chi connectivity index (χ1n) is 8.86. The predicted molar refractivity (Wildman–Crippen MR) is 97.7 cm³/mol. The number of carbonyl (C=O) groups excluding carboxylic acids is 2. The first kappa shape index (κ1) is 17.9. The van der Waals surface area contributed by atoms with Crippen LogP contribution in [-0.4, -0.2) is 53.6 Å². The molecule has 1 fully saturated rings. The summed E-state index contributed by atoms with van der Waals surface area (Å²) < 4.78 is 5.78. The second-order valence-corrected chi connectivity index (χ2v) is 7.59. The second-order valence-electron chi connectivity index (χ2n) is 7.59. The second kappa shape index (κ2) is 6.42. The van der Waals surface area contributed by atoms with E-state index in [1.165, 1.54) is 0 Å². The van der Waals surface area contributed by atoms with E-state index in [9.17, 15) is 9.59 Å². The molecular formula is C19H27N3O3. The molecule has 3 rings (SSSR count). The van der Waals surface area contributed by atoms with Crippen molar-refractivity contribution in [2.75, 3.05) is 23.3 Å². The van der Waals surface area contributed by atoms with Gasteiger partial charge in [-0.1, -0.05) is 12.1 Å². The Bertz CT molecular complexity index is 678. The quantitative estimate of drug-likeness (QED) is 0.893. The predicted octanol–water partition coefficient (Wildman–Crippen LogP) is 2.25. The van der Waals surface area contributed by atoms with Gasteiger partial charge in [0.05, 0.1) is 29.6 Å². The lowest BCUT2D eigenvalue weighted by Crippen LogP contribution is -2.63. The van der Waals surface area contributed by atoms with Crippen LogP contribution in [0.2, 0.25) is 0 Å². The average molecular weight is 345 g/mol. The number of hydrogen-bond donors (Lipinski definition) is 1. The van der Waals surface area contributed by atoms with Crippen molar-refractivity contribution in [3.63, 3.8) is 0 Å². The summed E-state index contributed by atoms with van der Waals surface area (Å²) in [5, 5.41) is 2.90. The van der Waals surface area contributed by atoms with Crippen molar-refractivity contribution in [1.82, 2.24) is 4.90 Å². The molecule has 0 aromatic heterocycles. The van der Waals surface area contributed by atoms with Gasteiger partial charge >= 0.3 is 0 Å². The largest absolute Gasteiger partial charge is 0.373 e. The Morgan fingerprint density at radius 3 is 2.48 bits per heavy atom. The van der Waals surface area contributed by atoms with Crippen LogP contribution in [-0.2, 0) is 14.3 Å². The minimum absolute atomic E-state index is 0.0615. The van der Waals surface area contributed by atoms with Gasteiger partial charge < -0.3 is 10.1 Å². The Hall–Kier alpha value is -1.92. The van der Waals surface area contributed by atoms with Gasteiger partial charge in [-0.25, -0.2) is 0 Å². The summed E-state index contributed by atoms with van der Waals surface area (Å²) in [7, 11) is 0. The highest BCUT2D eigenvalue weighted by Crippen LogP contribution is 2.37. The average Bonchev–Trinajstić information content (AvgIpc) is 2.53. The molecule has 6 heteroatoms. The lowest BCUT2D eigenvalue weighted by Gasteiger charge is -2.45. The Balaban J connectivity index is 1.93. The maximum atomic E-state index is 13.4. The number of nitrogens with zero attached hydrogens (tertiary/aromatic N) is 2. The number of benzene rings is 1. The van der Waals surface area contributed by atoms with Crippen LogP contribution < -0.4 is 10.2 Å². The van der Waals surface area contributed by atoms with Crippen molar-refractivity contribution in [3.05, 3.63) is 24.3 Å². The minimum atomic E-state index is -0.941. The molecule has 2 aliphatic heterocycles. The number of anilines is 2. The van der Waals surface area contributed by atoms with Crippen molar-refractivity contribution < 1.29 is 14.3 Å². The zero-order chi connectivity index (χ0) is 18.4. The molecule has 0 radical (unpaired) electrons. The topological polar surface area (TPSA) is 61.9 Å². The third-order valence-electron chi connectivity index (χ3n) is 5.08. The SMILES string of the molecule is C[C@H]1CN([C@@H](C)C(=O)N2c3ccccc3NC(=O)C2(C)C)C[C@H](C)O1. The van der Waals surface area contributed by atoms with Crippen molar-refractivity contribution in [3.8, 4) is 0 Å². The zero-order valence-electron chi connectivity index (χ0n) is 15.6. The Kier molecular flexibility index (Phi) is 4.60. The lowest BCUT2D eigenvalue weighted by molar-refractivity contribution is -0.133. The molecule has 0 spiro atoms. The van der Waals surface area contributed by atoms with Crippen LogP contribution in [0.4, 0.5) is 11.4 Å². The van der Waals surface area contributed by atoms with Crippen LogP contribution in [0.15, 0.2) is 24.3 Å². The van der Waals surface area contributed by atoms with Gasteiger partial charge in [0.25, 0.3) is 0 Å². The van der Waals surface area contributed by atoms with Gasteiger partial charge in [-0.2, -0.15) is 0 Å². The van der Waals surface area contributed by atoms with Crippen LogP contribution in [0.5, 0.6) is 0 Å². The zero-order valence-corrected chi connectivity index (χ0v) is 15.6. The van der Waals surface area contributed by atoms with Gasteiger partial charge in [-0.15, -0.1) is 0 Å². The summed E-state index contributed by atoms with van der Waals surface area (Å²) in [6.45, 7) is 10.9. The Morgan fingerprint density at radius 2 is 1.84 bits per heavy atom. The molecular weight excluding hydrogens is 318 g/mol. The molecule has 0 bridgehead atoms. The van der Waals surface area contributed by atoms with Crippen molar-refractivity contribution >= 4 is 23.2 Å². The molecule has 3 atom stereocenters. The van der Waals surface area contributed by atoms with E-state index in [-0.39, 0.29) is 30.1 Å². The smallest absolute Gasteiger partial charge is 0.250 e. The van der Waals surface area contributed by atoms with Crippen molar-refractivity contribution in [2.45, 2.75) is 58.4 Å². The molecule has 25 heavy (non-hydrogen) atoms. The molecule has 136 valence electrons. The number of carbonyl (C=O) groups is 2. The molecule has 2 aliphatic rings. The van der Waals surface area contributed by atoms with E-state index in [0.717, 1.165) is 5.69 Å². The number of morpholine rings is 1. The minimum Gasteiger partial charge on any atom is -0.373 e. The number of para-hydroxylation sites is 2. The van der Waals surface area contributed by atoms with Gasteiger partial charge in [0.1, 0.15) is 5.54 Å². The van der Waals surface area contributed by atoms with E-state index in [0.29, 0.717) is 18.8 Å².